The summed E-state index contributed by atoms with van der Waals surface area (Å²) in [4.78, 5) is 36.0. The molecule has 1 N–H and O–H groups in total. The van der Waals surface area contributed by atoms with Crippen LogP contribution in [0.2, 0.25) is 0 Å². The number of aromatic nitrogens is 2. The van der Waals surface area contributed by atoms with Crippen LogP contribution in [-0.2, 0) is 0 Å². The van der Waals surface area contributed by atoms with E-state index in [2.05, 4.69) is 31.1 Å². The number of nitrogens with zero attached hydrogens (tertiary/aromatic N) is 3. The van der Waals surface area contributed by atoms with Crippen molar-refractivity contribution in [3.05, 3.63) is 48.5 Å². The Morgan fingerprint density at radius 1 is 1.17 bits per heavy atom. The zero-order valence-corrected chi connectivity index (χ0v) is 17.8. The number of imidazole rings is 1. The third-order valence-electron chi connectivity index (χ3n) is 4.93. The molecule has 1 fully saturated rings. The van der Waals surface area contributed by atoms with Crippen LogP contribution in [0, 0.1) is 5.41 Å². The molecule has 1 aliphatic rings. The number of piperidine rings is 1. The van der Waals surface area contributed by atoms with E-state index in [-0.39, 0.29) is 17.4 Å². The van der Waals surface area contributed by atoms with Crippen LogP contribution in [0.15, 0.2) is 43.0 Å². The second kappa shape index (κ2) is 9.65. The molecule has 1 aromatic heterocycles. The Hall–Kier alpha value is -3.03. The molecule has 1 saturated heterocycles. The molecule has 8 nitrogen and oxygen atoms in total. The summed E-state index contributed by atoms with van der Waals surface area (Å²) in [6.07, 6.45) is 7.01. The highest BCUT2D eigenvalue weighted by Gasteiger charge is 2.25. The van der Waals surface area contributed by atoms with E-state index in [0.29, 0.717) is 30.9 Å². The predicted octanol–water partition coefficient (Wildman–Crippen LogP) is 3.14. The highest BCUT2D eigenvalue weighted by atomic mass is 16.7. The van der Waals surface area contributed by atoms with Crippen LogP contribution in [0.4, 0.5) is 4.79 Å². The average molecular weight is 415 g/mol. The van der Waals surface area contributed by atoms with Gasteiger partial charge in [-0.05, 0) is 36.1 Å². The van der Waals surface area contributed by atoms with E-state index in [1.165, 1.54) is 0 Å². The molecule has 0 atom stereocenters. The van der Waals surface area contributed by atoms with Crippen molar-refractivity contribution < 1.29 is 19.2 Å². The molecular weight excluding hydrogens is 384 g/mol. The summed E-state index contributed by atoms with van der Waals surface area (Å²) in [6.45, 7) is 8.16. The maximum absolute atomic E-state index is 12.4. The van der Waals surface area contributed by atoms with Gasteiger partial charge in [0.25, 0.3) is 5.91 Å². The van der Waals surface area contributed by atoms with Crippen molar-refractivity contribution in [3.8, 4) is 5.75 Å². The summed E-state index contributed by atoms with van der Waals surface area (Å²) in [5.74, 6) is 0.292. The molecule has 2 aromatic rings. The van der Waals surface area contributed by atoms with Gasteiger partial charge in [0, 0.05) is 44.2 Å². The highest BCUT2D eigenvalue weighted by Crippen LogP contribution is 2.18. The molecule has 0 aliphatic carbocycles. The molecule has 30 heavy (non-hydrogen) atoms. The number of hydrogen-bond donors (Lipinski definition) is 1. The molecule has 1 aliphatic heterocycles. The molecule has 0 bridgehead atoms. The van der Waals surface area contributed by atoms with Gasteiger partial charge in [0.1, 0.15) is 18.2 Å². The maximum Gasteiger partial charge on any atom is 0.415 e. The lowest BCUT2D eigenvalue weighted by molar-refractivity contribution is -0.0000196. The molecule has 0 unspecified atom stereocenters. The summed E-state index contributed by atoms with van der Waals surface area (Å²) < 4.78 is 7.04. The average Bonchev–Trinajstić information content (AvgIpc) is 3.21. The van der Waals surface area contributed by atoms with Crippen molar-refractivity contribution in [2.45, 2.75) is 46.1 Å². The molecule has 8 heteroatoms. The third-order valence-corrected chi connectivity index (χ3v) is 4.93. The normalized spacial score (nSPS) is 15.0. The van der Waals surface area contributed by atoms with Crippen LogP contribution in [-0.4, -0.2) is 52.4 Å². The van der Waals surface area contributed by atoms with E-state index < -0.39 is 6.09 Å². The van der Waals surface area contributed by atoms with E-state index in [1.807, 2.05) is 0 Å². The van der Waals surface area contributed by atoms with Gasteiger partial charge in [-0.3, -0.25) is 4.79 Å². The zero-order chi connectivity index (χ0) is 21.6. The van der Waals surface area contributed by atoms with Crippen LogP contribution in [0.3, 0.4) is 0 Å². The van der Waals surface area contributed by atoms with Crippen LogP contribution in [0.25, 0.3) is 0 Å². The van der Waals surface area contributed by atoms with E-state index >= 15 is 0 Å². The van der Waals surface area contributed by atoms with Crippen LogP contribution in [0.1, 0.15) is 50.4 Å². The van der Waals surface area contributed by atoms with Gasteiger partial charge in [0.15, 0.2) is 0 Å². The van der Waals surface area contributed by atoms with Crippen molar-refractivity contribution in [2.75, 3.05) is 19.6 Å². The first-order valence-electron chi connectivity index (χ1n) is 10.3. The minimum atomic E-state index is -0.390. The lowest BCUT2D eigenvalue weighted by atomic mass is 9.92. The summed E-state index contributed by atoms with van der Waals surface area (Å²) in [5.41, 5.74) is 0.715. The fourth-order valence-corrected chi connectivity index (χ4v) is 3.12. The Kier molecular flexibility index (Phi) is 6.97. The molecule has 0 spiro atoms. The van der Waals surface area contributed by atoms with Gasteiger partial charge >= 0.3 is 6.09 Å². The monoisotopic (exact) mass is 414 g/mol. The van der Waals surface area contributed by atoms with E-state index in [4.69, 9.17) is 9.57 Å². The Morgan fingerprint density at radius 3 is 2.47 bits per heavy atom. The molecule has 3 rings (SSSR count). The third kappa shape index (κ3) is 6.50. The molecule has 0 saturated carbocycles. The van der Waals surface area contributed by atoms with Gasteiger partial charge in [0.2, 0.25) is 0 Å². The molecule has 2 amide bonds. The number of carbonyl (C=O) groups is 2. The number of hydrogen-bond acceptors (Lipinski definition) is 5. The fourth-order valence-electron chi connectivity index (χ4n) is 3.12. The SMILES string of the molecule is CC(C)(C)CCNC(=O)c1ccc(OC(=O)N2CCC(On3ccnc3)CC2)cc1. The van der Waals surface area contributed by atoms with Gasteiger partial charge < -0.3 is 19.8 Å². The molecule has 2 heterocycles. The van der Waals surface area contributed by atoms with Crippen LogP contribution in [0.5, 0.6) is 5.75 Å². The number of likely N-dealkylation sites (tertiary alicyclic amines) is 1. The summed E-state index contributed by atoms with van der Waals surface area (Å²) >= 11 is 0. The number of amides is 2. The summed E-state index contributed by atoms with van der Waals surface area (Å²) in [7, 11) is 0. The van der Waals surface area contributed by atoms with Crippen molar-refractivity contribution in [3.63, 3.8) is 0 Å². The first-order valence-corrected chi connectivity index (χ1v) is 10.3. The number of carbonyl (C=O) groups excluding carboxylic acids is 2. The van der Waals surface area contributed by atoms with Gasteiger partial charge in [-0.15, -0.1) is 0 Å². The topological polar surface area (TPSA) is 85.7 Å². The maximum atomic E-state index is 12.4. The van der Waals surface area contributed by atoms with Crippen molar-refractivity contribution >= 4 is 12.0 Å². The van der Waals surface area contributed by atoms with Gasteiger partial charge in [-0.1, -0.05) is 20.8 Å². The highest BCUT2D eigenvalue weighted by molar-refractivity contribution is 5.94. The van der Waals surface area contributed by atoms with E-state index in [9.17, 15) is 9.59 Å². The molecule has 0 radical (unpaired) electrons. The lowest BCUT2D eigenvalue weighted by Gasteiger charge is -2.31. The largest absolute Gasteiger partial charge is 0.415 e. The summed E-state index contributed by atoms with van der Waals surface area (Å²) in [6, 6.07) is 6.62. The number of ether oxygens (including phenoxy) is 1. The smallest absolute Gasteiger partial charge is 0.410 e. The van der Waals surface area contributed by atoms with Gasteiger partial charge in [-0.2, -0.15) is 4.73 Å². The Labute approximate surface area is 177 Å². The number of rotatable bonds is 6. The Balaban J connectivity index is 1.42. The zero-order valence-electron chi connectivity index (χ0n) is 17.8. The second-order valence-electron chi connectivity index (χ2n) is 8.67. The van der Waals surface area contributed by atoms with Gasteiger partial charge in [0.05, 0.1) is 6.20 Å². The van der Waals surface area contributed by atoms with Crippen molar-refractivity contribution in [2.24, 2.45) is 5.41 Å². The quantitative estimate of drug-likeness (QED) is 0.785. The Bertz CT molecular complexity index is 820. The minimum Gasteiger partial charge on any atom is -0.410 e. The molecule has 162 valence electrons. The first-order chi connectivity index (χ1) is 14.3. The number of benzene rings is 1. The standard InChI is InChI=1S/C22H30N4O4/c1-22(2,3)10-11-24-20(27)17-4-6-18(7-5-17)29-21(28)25-13-8-19(9-14-25)30-26-15-12-23-16-26/h4-7,12,15-16,19H,8-11,13-14H2,1-3H3,(H,24,27). The molecular formula is C22H30N4O4. The fraction of sp³-hybridized carbons (Fsp3) is 0.500. The van der Waals surface area contributed by atoms with Crippen molar-refractivity contribution in [1.82, 2.24) is 19.9 Å². The first kappa shape index (κ1) is 21.7. The predicted molar refractivity (Wildman–Crippen MR) is 112 cm³/mol. The Morgan fingerprint density at radius 2 is 1.87 bits per heavy atom. The van der Waals surface area contributed by atoms with Crippen LogP contribution >= 0.6 is 0 Å². The van der Waals surface area contributed by atoms with Crippen LogP contribution < -0.4 is 14.9 Å². The minimum absolute atomic E-state index is 0.0410. The number of nitrogens with one attached hydrogen (secondary N) is 1. The molecule has 1 aromatic carbocycles. The lowest BCUT2D eigenvalue weighted by Crippen LogP contribution is -2.44. The summed E-state index contributed by atoms with van der Waals surface area (Å²) in [5, 5.41) is 2.91. The van der Waals surface area contributed by atoms with E-state index in [0.717, 1.165) is 19.3 Å². The van der Waals surface area contributed by atoms with Crippen molar-refractivity contribution in [1.29, 1.82) is 0 Å². The van der Waals surface area contributed by atoms with E-state index in [1.54, 1.807) is 52.6 Å². The second-order valence-corrected chi connectivity index (χ2v) is 8.67. The van der Waals surface area contributed by atoms with Gasteiger partial charge in [-0.25, -0.2) is 9.78 Å².